The number of benzene rings is 3. The molecule has 0 radical (unpaired) electrons. The number of hydrogen-bond acceptors (Lipinski definition) is 8. The van der Waals surface area contributed by atoms with E-state index in [9.17, 15) is 19.7 Å². The van der Waals surface area contributed by atoms with Gasteiger partial charge in [0, 0.05) is 47.4 Å². The zero-order valence-corrected chi connectivity index (χ0v) is 21.7. The van der Waals surface area contributed by atoms with E-state index in [1.807, 2.05) is 19.9 Å². The summed E-state index contributed by atoms with van der Waals surface area (Å²) in [4.78, 5) is 38.5. The van der Waals surface area contributed by atoms with Crippen LogP contribution in [0.4, 0.5) is 11.4 Å². The van der Waals surface area contributed by atoms with Crippen molar-refractivity contribution in [3.05, 3.63) is 110 Å². The standard InChI is InChI=1S/C30H26N2O7/c1-4-31(5-2)24-12-11-22-17-26(30(34)39-28(22)18-24)29(33)38-19-23-16-21(10-15-27(23)32(35)36)7-6-20-8-13-25(37-3)14-9-20/h8-18H,4-5,19H2,1-3H3. The lowest BCUT2D eigenvalue weighted by molar-refractivity contribution is -0.385. The summed E-state index contributed by atoms with van der Waals surface area (Å²) in [6, 6.07) is 18.2. The van der Waals surface area contributed by atoms with Crippen molar-refractivity contribution >= 4 is 28.3 Å². The van der Waals surface area contributed by atoms with Gasteiger partial charge in [-0.15, -0.1) is 0 Å². The second-order valence-electron chi connectivity index (χ2n) is 8.50. The Kier molecular flexibility index (Phi) is 8.27. The molecule has 0 aliphatic heterocycles. The number of nitro groups is 1. The van der Waals surface area contributed by atoms with Crippen molar-refractivity contribution in [2.45, 2.75) is 20.5 Å². The van der Waals surface area contributed by atoms with Gasteiger partial charge in [-0.3, -0.25) is 10.1 Å². The molecule has 4 aromatic rings. The lowest BCUT2D eigenvalue weighted by Gasteiger charge is -2.20. The highest BCUT2D eigenvalue weighted by molar-refractivity contribution is 5.93. The highest BCUT2D eigenvalue weighted by Crippen LogP contribution is 2.24. The van der Waals surface area contributed by atoms with Crippen LogP contribution in [0.3, 0.4) is 0 Å². The molecule has 0 saturated heterocycles. The molecule has 1 aromatic heterocycles. The Hall–Kier alpha value is -5.10. The molecule has 0 N–H and O–H groups in total. The zero-order chi connectivity index (χ0) is 27.9. The van der Waals surface area contributed by atoms with Crippen LogP contribution in [0.1, 0.15) is 40.9 Å². The predicted octanol–water partition coefficient (Wildman–Crippen LogP) is 5.31. The molecule has 9 nitrogen and oxygen atoms in total. The minimum Gasteiger partial charge on any atom is -0.497 e. The Labute approximate surface area is 224 Å². The summed E-state index contributed by atoms with van der Waals surface area (Å²) < 4.78 is 15.8. The van der Waals surface area contributed by atoms with Crippen LogP contribution >= 0.6 is 0 Å². The fraction of sp³-hybridized carbons (Fsp3) is 0.200. The van der Waals surface area contributed by atoms with Crippen LogP contribution in [0.25, 0.3) is 11.0 Å². The Morgan fingerprint density at radius 2 is 1.67 bits per heavy atom. The molecule has 0 spiro atoms. The first-order valence-electron chi connectivity index (χ1n) is 12.3. The number of fused-ring (bicyclic) bond motifs is 1. The molecule has 39 heavy (non-hydrogen) atoms. The fourth-order valence-electron chi connectivity index (χ4n) is 4.02. The number of nitro benzene ring substituents is 1. The molecule has 0 atom stereocenters. The van der Waals surface area contributed by atoms with E-state index in [1.54, 1.807) is 43.5 Å². The van der Waals surface area contributed by atoms with E-state index in [2.05, 4.69) is 16.7 Å². The van der Waals surface area contributed by atoms with E-state index in [-0.39, 0.29) is 16.8 Å². The average molecular weight is 527 g/mol. The van der Waals surface area contributed by atoms with Crippen LogP contribution in [0.15, 0.2) is 75.9 Å². The highest BCUT2D eigenvalue weighted by atomic mass is 16.6. The first-order chi connectivity index (χ1) is 18.8. The van der Waals surface area contributed by atoms with Gasteiger partial charge in [-0.1, -0.05) is 11.8 Å². The first kappa shape index (κ1) is 26.9. The van der Waals surface area contributed by atoms with E-state index >= 15 is 0 Å². The van der Waals surface area contributed by atoms with Gasteiger partial charge in [0.05, 0.1) is 17.6 Å². The third-order valence-corrected chi connectivity index (χ3v) is 6.14. The van der Waals surface area contributed by atoms with E-state index in [4.69, 9.17) is 13.9 Å². The molecule has 1 heterocycles. The number of anilines is 1. The summed E-state index contributed by atoms with van der Waals surface area (Å²) in [6.45, 7) is 5.20. The number of ether oxygens (including phenoxy) is 2. The Balaban J connectivity index is 1.55. The molecule has 0 bridgehead atoms. The number of methoxy groups -OCH3 is 1. The minimum absolute atomic E-state index is 0.143. The van der Waals surface area contributed by atoms with Crippen LogP contribution in [0.2, 0.25) is 0 Å². The summed E-state index contributed by atoms with van der Waals surface area (Å²) in [6.07, 6.45) is 0. The first-order valence-corrected chi connectivity index (χ1v) is 12.3. The second-order valence-corrected chi connectivity index (χ2v) is 8.50. The molecule has 0 saturated carbocycles. The lowest BCUT2D eigenvalue weighted by Crippen LogP contribution is -2.21. The van der Waals surface area contributed by atoms with E-state index in [0.29, 0.717) is 22.3 Å². The van der Waals surface area contributed by atoms with Crippen LogP contribution < -0.4 is 15.3 Å². The van der Waals surface area contributed by atoms with Gasteiger partial charge in [-0.25, -0.2) is 9.59 Å². The quantitative estimate of drug-likeness (QED) is 0.0998. The van der Waals surface area contributed by atoms with Crippen LogP contribution in [-0.2, 0) is 11.3 Å². The molecule has 4 rings (SSSR count). The number of rotatable bonds is 8. The molecule has 0 aliphatic carbocycles. The van der Waals surface area contributed by atoms with Crippen molar-refractivity contribution in [2.24, 2.45) is 0 Å². The molecule has 3 aromatic carbocycles. The van der Waals surface area contributed by atoms with Crippen LogP contribution in [-0.4, -0.2) is 31.1 Å². The smallest absolute Gasteiger partial charge is 0.351 e. The highest BCUT2D eigenvalue weighted by Gasteiger charge is 2.20. The zero-order valence-electron chi connectivity index (χ0n) is 21.7. The number of esters is 1. The van der Waals surface area contributed by atoms with Crippen molar-refractivity contribution in [1.29, 1.82) is 0 Å². The van der Waals surface area contributed by atoms with Crippen molar-refractivity contribution < 1.29 is 23.6 Å². The van der Waals surface area contributed by atoms with Gasteiger partial charge in [-0.05, 0) is 68.4 Å². The van der Waals surface area contributed by atoms with Crippen molar-refractivity contribution in [3.63, 3.8) is 0 Å². The Morgan fingerprint density at radius 3 is 2.33 bits per heavy atom. The molecule has 0 unspecified atom stereocenters. The molecular weight excluding hydrogens is 500 g/mol. The monoisotopic (exact) mass is 526 g/mol. The van der Waals surface area contributed by atoms with Gasteiger partial charge in [0.1, 0.15) is 23.5 Å². The SMILES string of the molecule is CCN(CC)c1ccc2cc(C(=O)OCc3cc(C#Cc4ccc(OC)cc4)ccc3[N+](=O)[O-])c(=O)oc2c1. The molecule has 198 valence electrons. The average Bonchev–Trinajstić information content (AvgIpc) is 2.95. The molecule has 0 aliphatic rings. The Morgan fingerprint density at radius 1 is 0.974 bits per heavy atom. The maximum absolute atomic E-state index is 12.8. The van der Waals surface area contributed by atoms with Gasteiger partial charge in [0.15, 0.2) is 0 Å². The summed E-state index contributed by atoms with van der Waals surface area (Å²) in [5, 5.41) is 12.1. The largest absolute Gasteiger partial charge is 0.497 e. The van der Waals surface area contributed by atoms with Gasteiger partial charge >= 0.3 is 11.6 Å². The number of hydrogen-bond donors (Lipinski definition) is 0. The van der Waals surface area contributed by atoms with E-state index in [1.165, 1.54) is 24.3 Å². The maximum Gasteiger partial charge on any atom is 0.351 e. The van der Waals surface area contributed by atoms with Gasteiger partial charge < -0.3 is 18.8 Å². The maximum atomic E-state index is 12.8. The molecule has 0 fully saturated rings. The van der Waals surface area contributed by atoms with Crippen molar-refractivity contribution in [3.8, 4) is 17.6 Å². The third kappa shape index (κ3) is 6.25. The number of carbonyl (C=O) groups excluding carboxylic acids is 1. The summed E-state index contributed by atoms with van der Waals surface area (Å²) in [7, 11) is 1.57. The van der Waals surface area contributed by atoms with Gasteiger partial charge in [0.25, 0.3) is 5.69 Å². The van der Waals surface area contributed by atoms with Crippen LogP contribution in [0, 0.1) is 22.0 Å². The number of nitrogens with zero attached hydrogens (tertiary/aromatic N) is 2. The normalized spacial score (nSPS) is 10.4. The summed E-state index contributed by atoms with van der Waals surface area (Å²) in [5.74, 6) is 5.69. The van der Waals surface area contributed by atoms with Crippen molar-refractivity contribution in [1.82, 2.24) is 0 Å². The summed E-state index contributed by atoms with van der Waals surface area (Å²) in [5.41, 5.74) is 1.24. The van der Waals surface area contributed by atoms with Gasteiger partial charge in [-0.2, -0.15) is 0 Å². The number of carbonyl (C=O) groups is 1. The molecule has 0 amide bonds. The fourth-order valence-corrected chi connectivity index (χ4v) is 4.02. The van der Waals surface area contributed by atoms with E-state index < -0.39 is 23.1 Å². The van der Waals surface area contributed by atoms with E-state index in [0.717, 1.165) is 24.3 Å². The second kappa shape index (κ2) is 12.0. The minimum atomic E-state index is -0.942. The Bertz CT molecular complexity index is 1640. The molecule has 9 heteroatoms. The third-order valence-electron chi connectivity index (χ3n) is 6.14. The lowest BCUT2D eigenvalue weighted by atomic mass is 10.1. The van der Waals surface area contributed by atoms with Gasteiger partial charge in [0.2, 0.25) is 0 Å². The van der Waals surface area contributed by atoms with Crippen molar-refractivity contribution in [2.75, 3.05) is 25.1 Å². The molecular formula is C30H26N2O7. The predicted molar refractivity (Wildman–Crippen MR) is 147 cm³/mol. The topological polar surface area (TPSA) is 112 Å². The van der Waals surface area contributed by atoms with Crippen LogP contribution in [0.5, 0.6) is 5.75 Å². The summed E-state index contributed by atoms with van der Waals surface area (Å²) >= 11 is 0.